The second-order valence-corrected chi connectivity index (χ2v) is 5.08. The Kier molecular flexibility index (Phi) is 2.86. The largest absolute Gasteiger partial charge is 0.462 e. The summed E-state index contributed by atoms with van der Waals surface area (Å²) in [6, 6.07) is 13.6. The number of fused-ring (bicyclic) bond motifs is 1. The van der Waals surface area contributed by atoms with Crippen molar-refractivity contribution in [2.24, 2.45) is 0 Å². The van der Waals surface area contributed by atoms with Gasteiger partial charge in [-0.25, -0.2) is 0 Å². The molecule has 106 valence electrons. The van der Waals surface area contributed by atoms with Crippen LogP contribution in [0.2, 0.25) is 0 Å². The number of furan rings is 1. The van der Waals surface area contributed by atoms with Crippen LogP contribution in [0.15, 0.2) is 71.7 Å². The van der Waals surface area contributed by atoms with Crippen LogP contribution in [0.25, 0.3) is 33.4 Å². The Morgan fingerprint density at radius 1 is 0.864 bits per heavy atom. The fourth-order valence-corrected chi connectivity index (χ4v) is 2.48. The lowest BCUT2D eigenvalue weighted by Crippen LogP contribution is -1.85. The number of anilines is 1. The van der Waals surface area contributed by atoms with Crippen molar-refractivity contribution in [1.29, 1.82) is 0 Å². The van der Waals surface area contributed by atoms with Gasteiger partial charge < -0.3 is 10.2 Å². The van der Waals surface area contributed by atoms with E-state index >= 15 is 0 Å². The third-order valence-corrected chi connectivity index (χ3v) is 3.65. The van der Waals surface area contributed by atoms with Gasteiger partial charge in [0.05, 0.1) is 0 Å². The van der Waals surface area contributed by atoms with E-state index in [9.17, 15) is 0 Å². The summed E-state index contributed by atoms with van der Waals surface area (Å²) in [6.45, 7) is 0. The Labute approximate surface area is 127 Å². The molecule has 4 nitrogen and oxygen atoms in total. The van der Waals surface area contributed by atoms with Gasteiger partial charge in [0, 0.05) is 35.4 Å². The maximum absolute atomic E-state index is 5.72. The van der Waals surface area contributed by atoms with Crippen LogP contribution in [-0.2, 0) is 0 Å². The molecule has 0 spiro atoms. The highest BCUT2D eigenvalue weighted by Crippen LogP contribution is 2.31. The molecule has 4 rings (SSSR count). The number of aromatic nitrogens is 2. The number of nitrogens with two attached hydrogens (primary N) is 1. The van der Waals surface area contributed by atoms with Crippen molar-refractivity contribution in [3.05, 3.63) is 67.3 Å². The molecule has 4 aromatic rings. The standard InChI is InChI=1S/C18H13N3O/c19-15-3-1-12(2-4-15)14-9-17-18(21-10-14)16(11-22-17)13-5-7-20-8-6-13/h1-11H,19H2. The first kappa shape index (κ1) is 12.6. The van der Waals surface area contributed by atoms with Gasteiger partial charge >= 0.3 is 0 Å². The van der Waals surface area contributed by atoms with Gasteiger partial charge in [-0.2, -0.15) is 0 Å². The van der Waals surface area contributed by atoms with Gasteiger partial charge in [0.25, 0.3) is 0 Å². The minimum absolute atomic E-state index is 0.746. The van der Waals surface area contributed by atoms with E-state index in [0.29, 0.717) is 0 Å². The van der Waals surface area contributed by atoms with Crippen LogP contribution in [0, 0.1) is 0 Å². The Hall–Kier alpha value is -3.14. The van der Waals surface area contributed by atoms with Crippen molar-refractivity contribution >= 4 is 16.8 Å². The molecule has 0 aliphatic rings. The van der Waals surface area contributed by atoms with Gasteiger partial charge in [-0.3, -0.25) is 9.97 Å². The molecule has 0 fully saturated rings. The van der Waals surface area contributed by atoms with E-state index in [0.717, 1.165) is 39.0 Å². The van der Waals surface area contributed by atoms with E-state index in [1.807, 2.05) is 48.7 Å². The molecular weight excluding hydrogens is 274 g/mol. The van der Waals surface area contributed by atoms with Crippen LogP contribution in [-0.4, -0.2) is 9.97 Å². The monoisotopic (exact) mass is 287 g/mol. The molecule has 3 aromatic heterocycles. The SMILES string of the molecule is Nc1ccc(-c2cnc3c(-c4ccncc4)coc3c2)cc1. The van der Waals surface area contributed by atoms with E-state index in [2.05, 4.69) is 9.97 Å². The third-order valence-electron chi connectivity index (χ3n) is 3.65. The second-order valence-electron chi connectivity index (χ2n) is 5.08. The number of nitrogens with zero attached hydrogens (tertiary/aromatic N) is 2. The molecule has 0 saturated carbocycles. The number of benzene rings is 1. The average molecular weight is 287 g/mol. The molecule has 2 N–H and O–H groups in total. The van der Waals surface area contributed by atoms with Gasteiger partial charge in [-0.15, -0.1) is 0 Å². The van der Waals surface area contributed by atoms with Gasteiger partial charge in [0.1, 0.15) is 11.8 Å². The zero-order chi connectivity index (χ0) is 14.9. The molecule has 0 amide bonds. The molecule has 0 bridgehead atoms. The predicted octanol–water partition coefficient (Wildman–Crippen LogP) is 4.14. The molecule has 3 heterocycles. The highest BCUT2D eigenvalue weighted by Gasteiger charge is 2.10. The zero-order valence-corrected chi connectivity index (χ0v) is 11.7. The smallest absolute Gasteiger partial charge is 0.153 e. The Morgan fingerprint density at radius 3 is 2.41 bits per heavy atom. The van der Waals surface area contributed by atoms with E-state index < -0.39 is 0 Å². The van der Waals surface area contributed by atoms with Crippen molar-refractivity contribution < 1.29 is 4.42 Å². The minimum Gasteiger partial charge on any atom is -0.462 e. The van der Waals surface area contributed by atoms with Gasteiger partial charge in [0.2, 0.25) is 0 Å². The summed E-state index contributed by atoms with van der Waals surface area (Å²) in [4.78, 5) is 8.61. The molecule has 0 saturated heterocycles. The van der Waals surface area contributed by atoms with Crippen molar-refractivity contribution in [3.8, 4) is 22.3 Å². The summed E-state index contributed by atoms with van der Waals surface area (Å²) in [5, 5.41) is 0. The molecule has 4 heteroatoms. The molecule has 1 aromatic carbocycles. The third kappa shape index (κ3) is 2.11. The first-order valence-corrected chi connectivity index (χ1v) is 6.95. The van der Waals surface area contributed by atoms with Crippen molar-refractivity contribution in [2.75, 3.05) is 5.73 Å². The summed E-state index contributed by atoms with van der Waals surface area (Å²) in [5.41, 5.74) is 12.2. The summed E-state index contributed by atoms with van der Waals surface area (Å²) in [5.74, 6) is 0. The summed E-state index contributed by atoms with van der Waals surface area (Å²) in [7, 11) is 0. The number of hydrogen-bond donors (Lipinski definition) is 1. The molecule has 0 radical (unpaired) electrons. The first-order chi connectivity index (χ1) is 10.8. The Balaban J connectivity index is 1.82. The lowest BCUT2D eigenvalue weighted by Gasteiger charge is -2.02. The Morgan fingerprint density at radius 2 is 1.64 bits per heavy atom. The van der Waals surface area contributed by atoms with Crippen LogP contribution < -0.4 is 5.73 Å². The van der Waals surface area contributed by atoms with E-state index in [1.165, 1.54) is 0 Å². The predicted molar refractivity (Wildman–Crippen MR) is 87.1 cm³/mol. The second kappa shape index (κ2) is 5.00. The molecule has 0 aliphatic heterocycles. The number of pyridine rings is 2. The molecule has 0 atom stereocenters. The molecule has 0 aliphatic carbocycles. The van der Waals surface area contributed by atoms with Crippen molar-refractivity contribution in [3.63, 3.8) is 0 Å². The fraction of sp³-hybridized carbons (Fsp3) is 0. The lowest BCUT2D eigenvalue weighted by molar-refractivity contribution is 0.616. The van der Waals surface area contributed by atoms with Crippen LogP contribution >= 0.6 is 0 Å². The maximum Gasteiger partial charge on any atom is 0.153 e. The van der Waals surface area contributed by atoms with E-state index in [1.54, 1.807) is 18.7 Å². The normalized spacial score (nSPS) is 10.9. The van der Waals surface area contributed by atoms with Crippen LogP contribution in [0.4, 0.5) is 5.69 Å². The minimum atomic E-state index is 0.746. The quantitative estimate of drug-likeness (QED) is 0.563. The zero-order valence-electron chi connectivity index (χ0n) is 11.7. The number of hydrogen-bond acceptors (Lipinski definition) is 4. The fourth-order valence-electron chi connectivity index (χ4n) is 2.48. The summed E-state index contributed by atoms with van der Waals surface area (Å²) >= 11 is 0. The molecule has 0 unspecified atom stereocenters. The van der Waals surface area contributed by atoms with Crippen LogP contribution in [0.1, 0.15) is 0 Å². The van der Waals surface area contributed by atoms with Gasteiger partial charge in [-0.1, -0.05) is 12.1 Å². The summed E-state index contributed by atoms with van der Waals surface area (Å²) < 4.78 is 5.68. The Bertz CT molecular complexity index is 928. The molecular formula is C18H13N3O. The summed E-state index contributed by atoms with van der Waals surface area (Å²) in [6.07, 6.45) is 7.11. The lowest BCUT2D eigenvalue weighted by atomic mass is 10.1. The van der Waals surface area contributed by atoms with Crippen molar-refractivity contribution in [2.45, 2.75) is 0 Å². The van der Waals surface area contributed by atoms with Crippen LogP contribution in [0.3, 0.4) is 0 Å². The first-order valence-electron chi connectivity index (χ1n) is 6.95. The van der Waals surface area contributed by atoms with E-state index in [-0.39, 0.29) is 0 Å². The van der Waals surface area contributed by atoms with Crippen LogP contribution in [0.5, 0.6) is 0 Å². The number of rotatable bonds is 2. The average Bonchev–Trinajstić information content (AvgIpc) is 2.99. The highest BCUT2D eigenvalue weighted by atomic mass is 16.3. The van der Waals surface area contributed by atoms with E-state index in [4.69, 9.17) is 10.2 Å². The van der Waals surface area contributed by atoms with Crippen molar-refractivity contribution in [1.82, 2.24) is 9.97 Å². The topological polar surface area (TPSA) is 64.9 Å². The van der Waals surface area contributed by atoms with Gasteiger partial charge in [0.15, 0.2) is 5.58 Å². The highest BCUT2D eigenvalue weighted by molar-refractivity contribution is 5.92. The maximum atomic E-state index is 5.72. The number of nitrogen functional groups attached to an aromatic ring is 1. The molecule has 22 heavy (non-hydrogen) atoms. The van der Waals surface area contributed by atoms with Gasteiger partial charge in [-0.05, 0) is 41.5 Å².